The van der Waals surface area contributed by atoms with Crippen LogP contribution >= 0.6 is 0 Å². The normalized spacial score (nSPS) is 11.3. The first-order chi connectivity index (χ1) is 16.2. The second kappa shape index (κ2) is 16.7. The lowest BCUT2D eigenvalue weighted by Gasteiger charge is -2.12. The van der Waals surface area contributed by atoms with Gasteiger partial charge in [0.25, 0.3) is 5.69 Å². The maximum absolute atomic E-state index is 11.8. The van der Waals surface area contributed by atoms with Crippen LogP contribution in [0.15, 0.2) is 30.3 Å². The highest BCUT2D eigenvalue weighted by molar-refractivity contribution is 5.96. The quantitative estimate of drug-likeness (QED) is 0.121. The zero-order valence-corrected chi connectivity index (χ0v) is 21.4. The second-order valence-electron chi connectivity index (χ2n) is 9.79. The minimum absolute atomic E-state index is 0.197. The average molecular weight is 454 g/mol. The first-order valence-corrected chi connectivity index (χ1v) is 13.9. The van der Waals surface area contributed by atoms with Crippen molar-refractivity contribution in [3.63, 3.8) is 0 Å². The van der Waals surface area contributed by atoms with Crippen LogP contribution in [0.1, 0.15) is 128 Å². The van der Waals surface area contributed by atoms with Gasteiger partial charge in [0.05, 0.1) is 10.3 Å². The lowest BCUT2D eigenvalue weighted by Crippen LogP contribution is -1.98. The van der Waals surface area contributed by atoms with E-state index >= 15 is 0 Å². The Morgan fingerprint density at radius 2 is 1.06 bits per heavy atom. The molecule has 0 atom stereocenters. The van der Waals surface area contributed by atoms with Crippen molar-refractivity contribution in [1.82, 2.24) is 0 Å². The van der Waals surface area contributed by atoms with Gasteiger partial charge in [-0.25, -0.2) is 0 Å². The summed E-state index contributed by atoms with van der Waals surface area (Å²) in [5.41, 5.74) is 2.71. The Morgan fingerprint density at radius 3 is 1.58 bits per heavy atom. The van der Waals surface area contributed by atoms with Crippen molar-refractivity contribution in [3.05, 3.63) is 51.6 Å². The molecule has 0 unspecified atom stereocenters. The van der Waals surface area contributed by atoms with Crippen LogP contribution in [-0.4, -0.2) is 4.92 Å². The fraction of sp³-hybridized carbons (Fsp3) is 0.667. The Morgan fingerprint density at radius 1 is 0.606 bits per heavy atom. The van der Waals surface area contributed by atoms with E-state index in [2.05, 4.69) is 32.0 Å². The standard InChI is InChI=1S/C30H47NO2/c1-3-5-7-9-11-12-13-14-16-17-20-26-24-25-27(21-18-15-10-8-6-4-2)30-28(26)22-19-23-29(30)31(32)33/h19,22-25H,3-18,20-21H2,1-2H3. The van der Waals surface area contributed by atoms with Crippen LogP contribution in [0.3, 0.4) is 0 Å². The molecule has 0 bridgehead atoms. The minimum Gasteiger partial charge on any atom is -0.258 e. The van der Waals surface area contributed by atoms with Gasteiger partial charge in [-0.1, -0.05) is 128 Å². The van der Waals surface area contributed by atoms with Gasteiger partial charge in [-0.2, -0.15) is 0 Å². The number of fused-ring (bicyclic) bond motifs is 1. The van der Waals surface area contributed by atoms with Crippen molar-refractivity contribution >= 4 is 16.5 Å². The summed E-state index contributed by atoms with van der Waals surface area (Å²) in [7, 11) is 0. The van der Waals surface area contributed by atoms with Crippen LogP contribution in [0.2, 0.25) is 0 Å². The van der Waals surface area contributed by atoms with E-state index in [0.717, 1.165) is 35.6 Å². The van der Waals surface area contributed by atoms with Gasteiger partial charge in [0.2, 0.25) is 0 Å². The smallest absolute Gasteiger partial charge is 0.258 e. The van der Waals surface area contributed by atoms with E-state index in [1.54, 1.807) is 6.07 Å². The van der Waals surface area contributed by atoms with Gasteiger partial charge in [-0.15, -0.1) is 0 Å². The molecule has 0 aliphatic heterocycles. The first kappa shape index (κ1) is 27.3. The molecule has 0 saturated heterocycles. The summed E-state index contributed by atoms with van der Waals surface area (Å²) in [6, 6.07) is 10.0. The molecule has 33 heavy (non-hydrogen) atoms. The number of nitro benzene ring substituents is 1. The molecule has 3 nitrogen and oxygen atoms in total. The van der Waals surface area contributed by atoms with Gasteiger partial charge < -0.3 is 0 Å². The van der Waals surface area contributed by atoms with Gasteiger partial charge in [0, 0.05) is 6.07 Å². The summed E-state index contributed by atoms with van der Waals surface area (Å²) < 4.78 is 0. The lowest BCUT2D eigenvalue weighted by molar-refractivity contribution is -0.383. The maximum atomic E-state index is 11.8. The van der Waals surface area contributed by atoms with Crippen LogP contribution in [0.5, 0.6) is 0 Å². The maximum Gasteiger partial charge on any atom is 0.277 e. The fourth-order valence-corrected chi connectivity index (χ4v) is 5.00. The van der Waals surface area contributed by atoms with Crippen LogP contribution < -0.4 is 0 Å². The summed E-state index contributed by atoms with van der Waals surface area (Å²) >= 11 is 0. The van der Waals surface area contributed by atoms with Crippen LogP contribution in [-0.2, 0) is 12.8 Å². The molecule has 2 aromatic rings. The minimum atomic E-state index is -0.197. The number of rotatable bonds is 19. The number of nitrogens with zero attached hydrogens (tertiary/aromatic N) is 1. The molecule has 0 aliphatic carbocycles. The van der Waals surface area contributed by atoms with E-state index in [1.807, 2.05) is 6.07 Å². The lowest BCUT2D eigenvalue weighted by atomic mass is 9.92. The predicted octanol–water partition coefficient (Wildman–Crippen LogP) is 10.1. The van der Waals surface area contributed by atoms with Crippen molar-refractivity contribution in [2.75, 3.05) is 0 Å². The third-order valence-corrected chi connectivity index (χ3v) is 6.99. The Hall–Kier alpha value is -1.90. The molecule has 0 N–H and O–H groups in total. The topological polar surface area (TPSA) is 43.1 Å². The Balaban J connectivity index is 1.91. The highest BCUT2D eigenvalue weighted by atomic mass is 16.6. The highest BCUT2D eigenvalue weighted by Gasteiger charge is 2.17. The SMILES string of the molecule is CCCCCCCCCCCCc1ccc(CCCCCCCC)c2c([N+](=O)[O-])cccc12. The largest absolute Gasteiger partial charge is 0.277 e. The van der Waals surface area contributed by atoms with Crippen molar-refractivity contribution in [3.8, 4) is 0 Å². The highest BCUT2D eigenvalue weighted by Crippen LogP contribution is 2.33. The Kier molecular flexibility index (Phi) is 13.8. The summed E-state index contributed by atoms with van der Waals surface area (Å²) in [6.07, 6.45) is 22.7. The van der Waals surface area contributed by atoms with E-state index in [0.29, 0.717) is 0 Å². The Labute approximate surface area is 202 Å². The number of aryl methyl sites for hydroxylation is 2. The zero-order chi connectivity index (χ0) is 23.7. The first-order valence-electron chi connectivity index (χ1n) is 13.9. The molecule has 3 heteroatoms. The molecule has 0 saturated carbocycles. The molecule has 0 amide bonds. The van der Waals surface area contributed by atoms with Crippen molar-refractivity contribution in [2.45, 2.75) is 129 Å². The number of non-ortho nitro benzene ring substituents is 1. The van der Waals surface area contributed by atoms with Gasteiger partial charge in [-0.3, -0.25) is 10.1 Å². The van der Waals surface area contributed by atoms with Crippen LogP contribution in [0, 0.1) is 10.1 Å². The van der Waals surface area contributed by atoms with Gasteiger partial charge in [0.15, 0.2) is 0 Å². The third kappa shape index (κ3) is 9.86. The predicted molar refractivity (Wildman–Crippen MR) is 143 cm³/mol. The monoisotopic (exact) mass is 453 g/mol. The third-order valence-electron chi connectivity index (χ3n) is 6.99. The van der Waals surface area contributed by atoms with E-state index in [4.69, 9.17) is 0 Å². The van der Waals surface area contributed by atoms with Crippen molar-refractivity contribution in [2.24, 2.45) is 0 Å². The summed E-state index contributed by atoms with van der Waals surface area (Å²) in [5.74, 6) is 0. The number of unbranched alkanes of at least 4 members (excludes halogenated alkanes) is 14. The fourth-order valence-electron chi connectivity index (χ4n) is 5.00. The summed E-state index contributed by atoms with van der Waals surface area (Å²) in [4.78, 5) is 11.6. The van der Waals surface area contributed by atoms with E-state index in [1.165, 1.54) is 102 Å². The molecule has 0 heterocycles. The second-order valence-corrected chi connectivity index (χ2v) is 9.79. The van der Waals surface area contributed by atoms with Crippen LogP contribution in [0.25, 0.3) is 10.8 Å². The van der Waals surface area contributed by atoms with Crippen molar-refractivity contribution in [1.29, 1.82) is 0 Å². The molecule has 0 spiro atoms. The van der Waals surface area contributed by atoms with E-state index in [9.17, 15) is 10.1 Å². The molecule has 0 fully saturated rings. The van der Waals surface area contributed by atoms with Crippen LogP contribution in [0.4, 0.5) is 5.69 Å². The van der Waals surface area contributed by atoms with Crippen molar-refractivity contribution < 1.29 is 4.92 Å². The number of nitro groups is 1. The van der Waals surface area contributed by atoms with E-state index in [-0.39, 0.29) is 10.6 Å². The number of hydrogen-bond acceptors (Lipinski definition) is 2. The molecule has 2 aromatic carbocycles. The zero-order valence-electron chi connectivity index (χ0n) is 21.4. The molecular weight excluding hydrogens is 406 g/mol. The molecule has 0 aromatic heterocycles. The molecular formula is C30H47NO2. The molecule has 2 rings (SSSR count). The van der Waals surface area contributed by atoms with Gasteiger partial charge >= 0.3 is 0 Å². The van der Waals surface area contributed by atoms with E-state index < -0.39 is 0 Å². The average Bonchev–Trinajstić information content (AvgIpc) is 2.82. The molecule has 0 aliphatic rings. The summed E-state index contributed by atoms with van der Waals surface area (Å²) in [5, 5.41) is 13.8. The number of benzene rings is 2. The van der Waals surface area contributed by atoms with Gasteiger partial charge in [0.1, 0.15) is 0 Å². The summed E-state index contributed by atoms with van der Waals surface area (Å²) in [6.45, 7) is 4.51. The number of hydrogen-bond donors (Lipinski definition) is 0. The molecule has 184 valence electrons. The molecule has 0 radical (unpaired) electrons. The Bertz CT molecular complexity index is 814. The van der Waals surface area contributed by atoms with Gasteiger partial charge in [-0.05, 0) is 42.2 Å².